The lowest BCUT2D eigenvalue weighted by Gasteiger charge is -2.50. The molecule has 140 valence electrons. The fourth-order valence-electron chi connectivity index (χ4n) is 4.01. The Morgan fingerprint density at radius 1 is 1.52 bits per heavy atom. The molecule has 0 N–H and O–H groups in total. The van der Waals surface area contributed by atoms with Gasteiger partial charge in [-0.1, -0.05) is 0 Å². The molecule has 0 spiro atoms. The van der Waals surface area contributed by atoms with E-state index in [0.717, 1.165) is 45.5 Å². The average Bonchev–Trinajstić information content (AvgIpc) is 2.99. The predicted molar refractivity (Wildman–Crippen MR) is 94.0 cm³/mol. The van der Waals surface area contributed by atoms with Crippen molar-refractivity contribution in [3.05, 3.63) is 18.0 Å². The summed E-state index contributed by atoms with van der Waals surface area (Å²) in [5.41, 5.74) is 1.22. The van der Waals surface area contributed by atoms with Crippen LogP contribution < -0.4 is 0 Å². The molecule has 2 atom stereocenters. The van der Waals surface area contributed by atoms with Gasteiger partial charge in [0, 0.05) is 64.6 Å². The number of rotatable bonds is 6. The summed E-state index contributed by atoms with van der Waals surface area (Å²) in [6.07, 6.45) is 7.41. The molecule has 25 heavy (non-hydrogen) atoms. The third kappa shape index (κ3) is 4.40. The van der Waals surface area contributed by atoms with Gasteiger partial charge in [-0.25, -0.2) is 0 Å². The summed E-state index contributed by atoms with van der Waals surface area (Å²) in [4.78, 5) is 15.8. The molecule has 7 heteroatoms. The van der Waals surface area contributed by atoms with Crippen molar-refractivity contribution in [1.29, 1.82) is 0 Å². The summed E-state index contributed by atoms with van der Waals surface area (Å²) in [5.74, 6) is 0.00713. The topological polar surface area (TPSA) is 59.8 Å². The molecule has 2 aliphatic heterocycles. The van der Waals surface area contributed by atoms with Gasteiger partial charge in [-0.3, -0.25) is 14.4 Å². The van der Waals surface area contributed by atoms with Crippen LogP contribution in [-0.4, -0.2) is 78.6 Å². The molecule has 3 rings (SSSR count). The number of carbonyl (C=O) groups excluding carboxylic acids is 1. The van der Waals surface area contributed by atoms with Gasteiger partial charge in [-0.2, -0.15) is 5.10 Å². The highest BCUT2D eigenvalue weighted by Gasteiger charge is 2.46. The zero-order chi connectivity index (χ0) is 17.9. The SMILES string of the molecule is CN(C)C(=O)COC[C@@]12CCCO[C@H]1CCN(Cc1cnn(C)c1)C2. The number of piperidine rings is 1. The summed E-state index contributed by atoms with van der Waals surface area (Å²) in [5, 5.41) is 4.26. The van der Waals surface area contributed by atoms with Crippen molar-refractivity contribution in [3.8, 4) is 0 Å². The summed E-state index contributed by atoms with van der Waals surface area (Å²) in [6.45, 7) is 4.44. The minimum Gasteiger partial charge on any atom is -0.377 e. The molecule has 0 radical (unpaired) electrons. The zero-order valence-electron chi connectivity index (χ0n) is 15.6. The molecule has 0 unspecified atom stereocenters. The number of fused-ring (bicyclic) bond motifs is 1. The van der Waals surface area contributed by atoms with E-state index in [1.165, 1.54) is 5.56 Å². The van der Waals surface area contributed by atoms with Crippen molar-refractivity contribution in [3.63, 3.8) is 0 Å². The van der Waals surface area contributed by atoms with Crippen LogP contribution in [0.5, 0.6) is 0 Å². The molecule has 3 heterocycles. The van der Waals surface area contributed by atoms with Gasteiger partial charge in [-0.15, -0.1) is 0 Å². The van der Waals surface area contributed by atoms with Crippen LogP contribution in [0.4, 0.5) is 0 Å². The van der Waals surface area contributed by atoms with Crippen molar-refractivity contribution < 1.29 is 14.3 Å². The van der Waals surface area contributed by atoms with Crippen molar-refractivity contribution >= 4 is 5.91 Å². The first-order valence-electron chi connectivity index (χ1n) is 9.08. The second kappa shape index (κ2) is 7.85. The van der Waals surface area contributed by atoms with E-state index in [-0.39, 0.29) is 24.0 Å². The maximum Gasteiger partial charge on any atom is 0.248 e. The lowest BCUT2D eigenvalue weighted by Crippen LogP contribution is -2.56. The highest BCUT2D eigenvalue weighted by Crippen LogP contribution is 2.40. The molecular weight excluding hydrogens is 320 g/mol. The number of likely N-dealkylation sites (tertiary alicyclic amines) is 1. The smallest absolute Gasteiger partial charge is 0.248 e. The van der Waals surface area contributed by atoms with Crippen molar-refractivity contribution in [1.82, 2.24) is 19.6 Å². The van der Waals surface area contributed by atoms with E-state index in [4.69, 9.17) is 9.47 Å². The largest absolute Gasteiger partial charge is 0.377 e. The van der Waals surface area contributed by atoms with E-state index in [1.807, 2.05) is 17.9 Å². The number of amides is 1. The first-order chi connectivity index (χ1) is 12.0. The maximum atomic E-state index is 11.8. The lowest BCUT2D eigenvalue weighted by atomic mass is 9.73. The number of ether oxygens (including phenoxy) is 2. The molecule has 2 fully saturated rings. The van der Waals surface area contributed by atoms with Crippen molar-refractivity contribution in [2.45, 2.75) is 31.9 Å². The van der Waals surface area contributed by atoms with Gasteiger partial charge in [0.1, 0.15) is 6.61 Å². The highest BCUT2D eigenvalue weighted by molar-refractivity contribution is 5.76. The Labute approximate surface area is 149 Å². The highest BCUT2D eigenvalue weighted by atomic mass is 16.5. The summed E-state index contributed by atoms with van der Waals surface area (Å²) in [6, 6.07) is 0. The number of aryl methyl sites for hydroxylation is 1. The first kappa shape index (κ1) is 18.4. The molecule has 0 bridgehead atoms. The van der Waals surface area contributed by atoms with E-state index in [1.54, 1.807) is 19.0 Å². The average molecular weight is 350 g/mol. The summed E-state index contributed by atoms with van der Waals surface area (Å²) in [7, 11) is 5.46. The van der Waals surface area contributed by atoms with Crippen LogP contribution in [0.15, 0.2) is 12.4 Å². The number of aromatic nitrogens is 2. The molecular formula is C18H30N4O3. The Balaban J connectivity index is 1.62. The standard InChI is InChI=1S/C18H30N4O3/c1-20(2)17(23)12-24-14-18-6-4-8-25-16(18)5-7-22(13-18)11-15-9-19-21(3)10-15/h9-10,16H,4-8,11-14H2,1-3H3/t16-,18-/m0/s1. The van der Waals surface area contributed by atoms with E-state index in [2.05, 4.69) is 16.2 Å². The fourth-order valence-corrected chi connectivity index (χ4v) is 4.01. The number of hydrogen-bond donors (Lipinski definition) is 0. The Morgan fingerprint density at radius 2 is 2.36 bits per heavy atom. The van der Waals surface area contributed by atoms with Gasteiger partial charge >= 0.3 is 0 Å². The monoisotopic (exact) mass is 350 g/mol. The Hall–Kier alpha value is -1.44. The predicted octanol–water partition coefficient (Wildman–Crippen LogP) is 0.896. The molecule has 1 amide bonds. The molecule has 2 aliphatic rings. The van der Waals surface area contributed by atoms with Crippen LogP contribution in [0.1, 0.15) is 24.8 Å². The third-order valence-electron chi connectivity index (χ3n) is 5.35. The van der Waals surface area contributed by atoms with E-state index < -0.39 is 0 Å². The van der Waals surface area contributed by atoms with Gasteiger partial charge in [0.2, 0.25) is 5.91 Å². The van der Waals surface area contributed by atoms with Gasteiger partial charge in [0.25, 0.3) is 0 Å². The normalized spacial score (nSPS) is 27.1. The summed E-state index contributed by atoms with van der Waals surface area (Å²) >= 11 is 0. The second-order valence-corrected chi connectivity index (χ2v) is 7.63. The van der Waals surface area contributed by atoms with Crippen LogP contribution in [-0.2, 0) is 27.9 Å². The molecule has 0 aliphatic carbocycles. The lowest BCUT2D eigenvalue weighted by molar-refractivity contribution is -0.160. The Bertz CT molecular complexity index is 589. The second-order valence-electron chi connectivity index (χ2n) is 7.63. The maximum absolute atomic E-state index is 11.8. The molecule has 0 aromatic carbocycles. The van der Waals surface area contributed by atoms with Crippen LogP contribution in [0.3, 0.4) is 0 Å². The van der Waals surface area contributed by atoms with E-state index in [0.29, 0.717) is 6.61 Å². The number of nitrogens with zero attached hydrogens (tertiary/aromatic N) is 4. The quantitative estimate of drug-likeness (QED) is 0.763. The van der Waals surface area contributed by atoms with Crippen LogP contribution >= 0.6 is 0 Å². The molecule has 2 saturated heterocycles. The van der Waals surface area contributed by atoms with Crippen molar-refractivity contribution in [2.75, 3.05) is 47.0 Å². The molecule has 0 saturated carbocycles. The van der Waals surface area contributed by atoms with Crippen LogP contribution in [0.25, 0.3) is 0 Å². The Morgan fingerprint density at radius 3 is 3.08 bits per heavy atom. The zero-order valence-corrected chi connectivity index (χ0v) is 15.6. The van der Waals surface area contributed by atoms with Gasteiger partial charge in [-0.05, 0) is 19.3 Å². The Kier molecular flexibility index (Phi) is 5.76. The van der Waals surface area contributed by atoms with Gasteiger partial charge in [0.05, 0.1) is 18.9 Å². The first-order valence-corrected chi connectivity index (χ1v) is 9.08. The number of likely N-dealkylation sites (N-methyl/N-ethyl adjacent to an activating group) is 1. The summed E-state index contributed by atoms with van der Waals surface area (Å²) < 4.78 is 13.8. The van der Waals surface area contributed by atoms with Gasteiger partial charge in [0.15, 0.2) is 0 Å². The molecule has 1 aromatic heterocycles. The van der Waals surface area contributed by atoms with E-state index in [9.17, 15) is 4.79 Å². The molecule has 1 aromatic rings. The van der Waals surface area contributed by atoms with Crippen molar-refractivity contribution in [2.24, 2.45) is 12.5 Å². The number of hydrogen-bond acceptors (Lipinski definition) is 5. The van der Waals surface area contributed by atoms with Crippen LogP contribution in [0.2, 0.25) is 0 Å². The minimum absolute atomic E-state index is 0.00713. The number of carbonyl (C=O) groups is 1. The third-order valence-corrected chi connectivity index (χ3v) is 5.35. The fraction of sp³-hybridized carbons (Fsp3) is 0.778. The van der Waals surface area contributed by atoms with E-state index >= 15 is 0 Å². The van der Waals surface area contributed by atoms with Gasteiger partial charge < -0.3 is 14.4 Å². The van der Waals surface area contributed by atoms with Crippen LogP contribution in [0, 0.1) is 5.41 Å². The molecule has 7 nitrogen and oxygen atoms in total. The minimum atomic E-state index is -0.00863.